The van der Waals surface area contributed by atoms with E-state index in [1.165, 1.54) is 29.7 Å². The fraction of sp³-hybridized carbons (Fsp3) is 0.625. The highest BCUT2D eigenvalue weighted by Crippen LogP contribution is 2.60. The molecule has 0 amide bonds. The lowest BCUT2D eigenvalue weighted by molar-refractivity contribution is 0.272. The van der Waals surface area contributed by atoms with Gasteiger partial charge in [-0.25, -0.2) is 4.98 Å². The fourth-order valence-corrected chi connectivity index (χ4v) is 8.15. The molecule has 4 heteroatoms. The molecule has 2 fully saturated rings. The monoisotopic (exact) mass is 486 g/mol. The van der Waals surface area contributed by atoms with Crippen LogP contribution < -0.4 is 0 Å². The van der Waals surface area contributed by atoms with E-state index in [4.69, 9.17) is 13.9 Å². The van der Waals surface area contributed by atoms with Gasteiger partial charge in [-0.1, -0.05) is 74.7 Å². The van der Waals surface area contributed by atoms with Crippen LogP contribution in [0, 0.1) is 35.5 Å². The Labute approximate surface area is 216 Å². The Morgan fingerprint density at radius 2 is 1.83 bits per heavy atom. The van der Waals surface area contributed by atoms with Gasteiger partial charge in [0, 0.05) is 23.8 Å². The molecule has 2 heterocycles. The van der Waals surface area contributed by atoms with Crippen LogP contribution in [-0.4, -0.2) is 10.1 Å². The van der Waals surface area contributed by atoms with Gasteiger partial charge in [-0.15, -0.1) is 0 Å². The molecular weight excluding hydrogens is 444 g/mol. The third kappa shape index (κ3) is 3.78. The zero-order chi connectivity index (χ0) is 25.3. The van der Waals surface area contributed by atoms with Gasteiger partial charge in [0.2, 0.25) is 5.89 Å². The summed E-state index contributed by atoms with van der Waals surface area (Å²) in [5.74, 6) is 8.06. The molecule has 4 nitrogen and oxygen atoms in total. The van der Waals surface area contributed by atoms with Gasteiger partial charge in [0.1, 0.15) is 11.5 Å². The van der Waals surface area contributed by atoms with E-state index < -0.39 is 0 Å². The smallest absolute Gasteiger partial charge is 0.202 e. The van der Waals surface area contributed by atoms with Gasteiger partial charge in [0.25, 0.3) is 0 Å². The third-order valence-electron chi connectivity index (χ3n) is 9.69. The van der Waals surface area contributed by atoms with Crippen LogP contribution in [0.15, 0.2) is 56.2 Å². The van der Waals surface area contributed by atoms with Crippen molar-refractivity contribution in [3.63, 3.8) is 0 Å². The quantitative estimate of drug-likeness (QED) is 0.368. The summed E-state index contributed by atoms with van der Waals surface area (Å²) in [7, 11) is 0. The van der Waals surface area contributed by atoms with Gasteiger partial charge >= 0.3 is 0 Å². The predicted octanol–water partition coefficient (Wildman–Crippen LogP) is 8.54. The van der Waals surface area contributed by atoms with Crippen LogP contribution in [0.1, 0.15) is 115 Å². The van der Waals surface area contributed by atoms with Crippen LogP contribution in [0.4, 0.5) is 0 Å². The Hall–Kier alpha value is -2.36. The Morgan fingerprint density at radius 1 is 1.03 bits per heavy atom. The number of allylic oxidation sites excluding steroid dienone is 6. The molecular formula is C32H42N2O2. The second-order valence-electron chi connectivity index (χ2n) is 12.9. The fourth-order valence-electron chi connectivity index (χ4n) is 8.15. The zero-order valence-corrected chi connectivity index (χ0v) is 23.0. The molecule has 36 heavy (non-hydrogen) atoms. The molecule has 0 spiro atoms. The minimum atomic E-state index is 0.322. The number of rotatable bonds is 7. The lowest BCUT2D eigenvalue weighted by Crippen LogP contribution is -2.25. The molecule has 192 valence electrons. The van der Waals surface area contributed by atoms with Crippen molar-refractivity contribution in [1.29, 1.82) is 0 Å². The molecule has 0 saturated heterocycles. The maximum absolute atomic E-state index is 6.52. The van der Waals surface area contributed by atoms with Gasteiger partial charge in [-0.05, 0) is 68.6 Å². The first-order valence-electron chi connectivity index (χ1n) is 14.2. The minimum absolute atomic E-state index is 0.322. The maximum Gasteiger partial charge on any atom is 0.202 e. The standard InChI is InChI=1S/C32H42N2O2/c1-16(2)26-14-25(34-36-26)31-24-13-23(29(31)18(5)6)12-22(24)10-19(7)27-15-33-32(35-27)30-21-9-8-20(11-21)28(30)17(3)4/h8-9,12,14-16,18-21,23-24,29-31H,10-11,13H2,1-7H3. The van der Waals surface area contributed by atoms with Crippen molar-refractivity contribution in [2.24, 2.45) is 35.5 Å². The highest BCUT2D eigenvalue weighted by molar-refractivity contribution is 5.39. The highest BCUT2D eigenvalue weighted by Gasteiger charge is 2.51. The molecule has 4 aliphatic rings. The molecule has 0 aliphatic heterocycles. The second kappa shape index (κ2) is 8.89. The number of fused-ring (bicyclic) bond motifs is 4. The second-order valence-corrected chi connectivity index (χ2v) is 12.9. The minimum Gasteiger partial charge on any atom is -0.445 e. The van der Waals surface area contributed by atoms with E-state index in [2.05, 4.69) is 77.9 Å². The Balaban J connectivity index is 1.22. The summed E-state index contributed by atoms with van der Waals surface area (Å²) < 4.78 is 12.3. The molecule has 0 radical (unpaired) electrons. The number of oxazole rings is 1. The van der Waals surface area contributed by atoms with Crippen LogP contribution in [-0.2, 0) is 0 Å². The number of nitrogens with zero attached hydrogens (tertiary/aromatic N) is 2. The van der Waals surface area contributed by atoms with Gasteiger partial charge < -0.3 is 8.94 Å². The molecule has 8 atom stereocenters. The highest BCUT2D eigenvalue weighted by atomic mass is 16.5. The molecule has 2 aromatic heterocycles. The molecule has 4 bridgehead atoms. The van der Waals surface area contributed by atoms with Crippen LogP contribution in [0.3, 0.4) is 0 Å². The summed E-state index contributed by atoms with van der Waals surface area (Å²) in [5.41, 5.74) is 5.73. The van der Waals surface area contributed by atoms with Crippen molar-refractivity contribution >= 4 is 0 Å². The van der Waals surface area contributed by atoms with Crippen molar-refractivity contribution in [3.05, 3.63) is 70.3 Å². The molecule has 0 N–H and O–H groups in total. The van der Waals surface area contributed by atoms with E-state index in [1.807, 2.05) is 6.20 Å². The summed E-state index contributed by atoms with van der Waals surface area (Å²) in [4.78, 5) is 4.83. The first kappa shape index (κ1) is 24.0. The topological polar surface area (TPSA) is 52.1 Å². The van der Waals surface area contributed by atoms with Crippen molar-refractivity contribution in [2.45, 2.75) is 91.4 Å². The lowest BCUT2D eigenvalue weighted by Gasteiger charge is -2.33. The van der Waals surface area contributed by atoms with E-state index in [9.17, 15) is 0 Å². The summed E-state index contributed by atoms with van der Waals surface area (Å²) in [6, 6.07) is 2.24. The van der Waals surface area contributed by atoms with Gasteiger partial charge in [0.05, 0.1) is 17.8 Å². The van der Waals surface area contributed by atoms with E-state index in [1.54, 1.807) is 5.57 Å². The summed E-state index contributed by atoms with van der Waals surface area (Å²) in [5, 5.41) is 4.59. The van der Waals surface area contributed by atoms with Crippen molar-refractivity contribution in [2.75, 3.05) is 0 Å². The first-order chi connectivity index (χ1) is 17.2. The van der Waals surface area contributed by atoms with Gasteiger partial charge in [-0.3, -0.25) is 0 Å². The van der Waals surface area contributed by atoms with Crippen LogP contribution >= 0.6 is 0 Å². The Morgan fingerprint density at radius 3 is 2.53 bits per heavy atom. The maximum atomic E-state index is 6.52. The first-order valence-corrected chi connectivity index (χ1v) is 14.2. The normalized spacial score (nSPS) is 33.4. The Kier molecular flexibility index (Phi) is 5.92. The average molecular weight is 487 g/mol. The van der Waals surface area contributed by atoms with Crippen molar-refractivity contribution < 1.29 is 8.94 Å². The molecule has 2 aromatic rings. The lowest BCUT2D eigenvalue weighted by atomic mass is 9.71. The zero-order valence-electron chi connectivity index (χ0n) is 23.0. The predicted molar refractivity (Wildman–Crippen MR) is 143 cm³/mol. The molecule has 2 saturated carbocycles. The van der Waals surface area contributed by atoms with Crippen molar-refractivity contribution in [1.82, 2.24) is 10.1 Å². The molecule has 6 rings (SSSR count). The summed E-state index contributed by atoms with van der Waals surface area (Å²) in [6.45, 7) is 15.9. The number of hydrogen-bond donors (Lipinski definition) is 0. The summed E-state index contributed by atoms with van der Waals surface area (Å²) >= 11 is 0. The van der Waals surface area contributed by atoms with Crippen LogP contribution in [0.2, 0.25) is 0 Å². The Bertz CT molecular complexity index is 1220. The molecule has 4 aliphatic carbocycles. The van der Waals surface area contributed by atoms with E-state index in [-0.39, 0.29) is 0 Å². The van der Waals surface area contributed by atoms with Gasteiger partial charge in [-0.2, -0.15) is 0 Å². The van der Waals surface area contributed by atoms with Gasteiger partial charge in [0.15, 0.2) is 0 Å². The SMILES string of the molecule is CC(C)=C1C2C=CC(C2)C1c1ncc(C(C)CC2=CC3CC2C(c2cc(C(C)C)on2)C3C(C)C)o1. The summed E-state index contributed by atoms with van der Waals surface area (Å²) in [6.07, 6.45) is 12.9. The van der Waals surface area contributed by atoms with Crippen molar-refractivity contribution in [3.8, 4) is 0 Å². The van der Waals surface area contributed by atoms with E-state index in [0.717, 1.165) is 23.8 Å². The van der Waals surface area contributed by atoms with Crippen LogP contribution in [0.5, 0.6) is 0 Å². The van der Waals surface area contributed by atoms with E-state index >= 15 is 0 Å². The van der Waals surface area contributed by atoms with Crippen LogP contribution in [0.25, 0.3) is 0 Å². The third-order valence-corrected chi connectivity index (χ3v) is 9.69. The molecule has 8 unspecified atom stereocenters. The number of aromatic nitrogens is 2. The largest absolute Gasteiger partial charge is 0.445 e. The molecule has 0 aromatic carbocycles. The van der Waals surface area contributed by atoms with E-state index in [0.29, 0.717) is 59.2 Å². The number of hydrogen-bond acceptors (Lipinski definition) is 4. The average Bonchev–Trinajstić information content (AvgIpc) is 3.65.